The second kappa shape index (κ2) is 5.11. The van der Waals surface area contributed by atoms with Crippen LogP contribution in [0.15, 0.2) is 11.3 Å². The molecule has 9 nitrogen and oxygen atoms in total. The summed E-state index contributed by atoms with van der Waals surface area (Å²) >= 11 is 0. The summed E-state index contributed by atoms with van der Waals surface area (Å²) in [6, 6.07) is 0. The van der Waals surface area contributed by atoms with E-state index in [1.165, 1.54) is 7.11 Å². The van der Waals surface area contributed by atoms with Crippen molar-refractivity contribution >= 4 is 27.7 Å². The third-order valence-electron chi connectivity index (χ3n) is 3.22. The first kappa shape index (κ1) is 15.4. The molecule has 1 N–H and O–H groups in total. The average Bonchev–Trinajstić information content (AvgIpc) is 2.36. The fourth-order valence-electron chi connectivity index (χ4n) is 2.36. The number of nitrogens with zero attached hydrogens (tertiary/aromatic N) is 1. The van der Waals surface area contributed by atoms with Crippen LogP contribution in [0.3, 0.4) is 0 Å². The van der Waals surface area contributed by atoms with Gasteiger partial charge in [-0.2, -0.15) is 0 Å². The van der Waals surface area contributed by atoms with E-state index in [1.807, 2.05) is 0 Å². The Bertz CT molecular complexity index is 649. The third-order valence-corrected chi connectivity index (χ3v) is 5.16. The number of methoxy groups -OCH3 is 1. The van der Waals surface area contributed by atoms with Crippen molar-refractivity contribution in [3.8, 4) is 0 Å². The molecule has 1 amide bonds. The number of ether oxygens (including phenoxy) is 2. The third kappa shape index (κ3) is 2.40. The molecule has 1 fully saturated rings. The number of carboxylic acids is 1. The van der Waals surface area contributed by atoms with Crippen LogP contribution in [0.25, 0.3) is 0 Å². The van der Waals surface area contributed by atoms with E-state index in [0.717, 1.165) is 6.92 Å². The molecule has 2 aliphatic heterocycles. The van der Waals surface area contributed by atoms with E-state index in [9.17, 15) is 27.9 Å². The molecule has 0 aromatic carbocycles. The number of fused-ring (bicyclic) bond motifs is 1. The lowest BCUT2D eigenvalue weighted by Gasteiger charge is -2.48. The van der Waals surface area contributed by atoms with E-state index in [4.69, 9.17) is 4.74 Å². The van der Waals surface area contributed by atoms with Gasteiger partial charge in [0, 0.05) is 19.6 Å². The Hall–Kier alpha value is -1.94. The molecule has 21 heavy (non-hydrogen) atoms. The van der Waals surface area contributed by atoms with Crippen molar-refractivity contribution in [2.24, 2.45) is 0 Å². The summed E-state index contributed by atoms with van der Waals surface area (Å²) in [7, 11) is -2.64. The molecule has 0 aromatic heterocycles. The van der Waals surface area contributed by atoms with E-state index in [2.05, 4.69) is 4.74 Å². The topological polar surface area (TPSA) is 127 Å². The number of rotatable bonds is 4. The maximum absolute atomic E-state index is 12.1. The Kier molecular flexibility index (Phi) is 3.76. The van der Waals surface area contributed by atoms with Gasteiger partial charge >= 0.3 is 11.9 Å². The molecule has 0 aliphatic carbocycles. The first-order valence-corrected chi connectivity index (χ1v) is 7.58. The van der Waals surface area contributed by atoms with Gasteiger partial charge in [0.15, 0.2) is 21.3 Å². The van der Waals surface area contributed by atoms with Crippen LogP contribution < -0.4 is 0 Å². The highest BCUT2D eigenvalue weighted by Crippen LogP contribution is 2.37. The molecular formula is C11H13NO8S. The molecule has 0 aromatic rings. The molecule has 2 aliphatic rings. The van der Waals surface area contributed by atoms with Gasteiger partial charge in [0.2, 0.25) is 0 Å². The molecule has 2 heterocycles. The van der Waals surface area contributed by atoms with Gasteiger partial charge in [-0.05, 0) is 0 Å². The van der Waals surface area contributed by atoms with Crippen LogP contribution in [0.4, 0.5) is 0 Å². The molecule has 0 bridgehead atoms. The number of amides is 1. The zero-order valence-electron chi connectivity index (χ0n) is 11.2. The number of carboxylic acid groups (broad SMARTS) is 1. The van der Waals surface area contributed by atoms with Crippen molar-refractivity contribution in [2.75, 3.05) is 19.5 Å². The van der Waals surface area contributed by atoms with Crippen molar-refractivity contribution in [3.05, 3.63) is 11.3 Å². The Morgan fingerprint density at radius 1 is 1.43 bits per heavy atom. The number of carbonyl (C=O) groups excluding carboxylic acids is 2. The zero-order chi connectivity index (χ0) is 15.9. The summed E-state index contributed by atoms with van der Waals surface area (Å²) in [6.45, 7) is 0.612. The monoisotopic (exact) mass is 319 g/mol. The standard InChI is InChI=1S/C11H13NO8S/c1-5(13)20-3-6-4-21(17,18)10-8(19-2)9(14)12(10)7(6)11(15)16/h8,10H,3-4H2,1-2H3,(H,15,16)/t8-,10?/m0/s1. The SMILES string of the molecule is CO[C@H]1C(=O)N2C(C(=O)O)=C(COC(C)=O)CS(=O)(=O)C12. The lowest BCUT2D eigenvalue weighted by Crippen LogP contribution is -2.70. The first-order chi connectivity index (χ1) is 9.70. The highest BCUT2D eigenvalue weighted by Gasteiger charge is 2.60. The predicted octanol–water partition coefficient (Wildman–Crippen LogP) is -1.50. The molecule has 1 unspecified atom stereocenters. The minimum Gasteiger partial charge on any atom is -0.477 e. The van der Waals surface area contributed by atoms with Crippen LogP contribution >= 0.6 is 0 Å². The zero-order valence-corrected chi connectivity index (χ0v) is 12.0. The number of sulfone groups is 1. The number of esters is 1. The summed E-state index contributed by atoms with van der Waals surface area (Å²) < 4.78 is 33.7. The lowest BCUT2D eigenvalue weighted by atomic mass is 10.1. The normalized spacial score (nSPS) is 27.0. The van der Waals surface area contributed by atoms with Gasteiger partial charge in [0.05, 0.1) is 5.75 Å². The van der Waals surface area contributed by atoms with Gasteiger partial charge in [-0.15, -0.1) is 0 Å². The van der Waals surface area contributed by atoms with Crippen molar-refractivity contribution in [3.63, 3.8) is 0 Å². The number of carbonyl (C=O) groups is 3. The van der Waals surface area contributed by atoms with Crippen LogP contribution in [0.2, 0.25) is 0 Å². The predicted molar refractivity (Wildman–Crippen MR) is 66.5 cm³/mol. The van der Waals surface area contributed by atoms with Crippen molar-refractivity contribution < 1.29 is 37.4 Å². The largest absolute Gasteiger partial charge is 0.477 e. The molecule has 2 rings (SSSR count). The van der Waals surface area contributed by atoms with Crippen molar-refractivity contribution in [1.82, 2.24) is 4.90 Å². The van der Waals surface area contributed by atoms with Gasteiger partial charge in [0.25, 0.3) is 5.91 Å². The smallest absolute Gasteiger partial charge is 0.352 e. The van der Waals surface area contributed by atoms with Gasteiger partial charge in [-0.3, -0.25) is 14.5 Å². The average molecular weight is 319 g/mol. The van der Waals surface area contributed by atoms with Gasteiger partial charge in [-0.25, -0.2) is 13.2 Å². The lowest BCUT2D eigenvalue weighted by molar-refractivity contribution is -0.162. The Morgan fingerprint density at radius 3 is 2.52 bits per heavy atom. The van der Waals surface area contributed by atoms with Crippen LogP contribution in [0.5, 0.6) is 0 Å². The second-order valence-electron chi connectivity index (χ2n) is 4.60. The van der Waals surface area contributed by atoms with Crippen molar-refractivity contribution in [2.45, 2.75) is 18.4 Å². The maximum atomic E-state index is 12.1. The van der Waals surface area contributed by atoms with Gasteiger partial charge in [-0.1, -0.05) is 0 Å². The fraction of sp³-hybridized carbons (Fsp3) is 0.545. The maximum Gasteiger partial charge on any atom is 0.352 e. The van der Waals surface area contributed by atoms with Crippen LogP contribution in [0.1, 0.15) is 6.92 Å². The quantitative estimate of drug-likeness (QED) is 0.490. The molecule has 2 atom stereocenters. The Morgan fingerprint density at radius 2 is 2.05 bits per heavy atom. The molecular weight excluding hydrogens is 306 g/mol. The van der Waals surface area contributed by atoms with E-state index >= 15 is 0 Å². The molecule has 116 valence electrons. The summed E-state index contributed by atoms with van der Waals surface area (Å²) in [4.78, 5) is 34.6. The molecule has 1 saturated heterocycles. The minimum absolute atomic E-state index is 0.142. The number of hydrogen-bond acceptors (Lipinski definition) is 7. The Labute approximate surface area is 120 Å². The highest BCUT2D eigenvalue weighted by atomic mass is 32.2. The molecule has 0 radical (unpaired) electrons. The fourth-order valence-corrected chi connectivity index (χ4v) is 4.37. The first-order valence-electron chi connectivity index (χ1n) is 5.86. The van der Waals surface area contributed by atoms with Crippen LogP contribution in [0, 0.1) is 0 Å². The minimum atomic E-state index is -3.81. The van der Waals surface area contributed by atoms with E-state index < -0.39 is 57.2 Å². The second-order valence-corrected chi connectivity index (χ2v) is 6.70. The Balaban J connectivity index is 2.46. The molecule has 10 heteroatoms. The van der Waals surface area contributed by atoms with Crippen LogP contribution in [-0.4, -0.2) is 67.2 Å². The number of hydrogen-bond donors (Lipinski definition) is 1. The van der Waals surface area contributed by atoms with E-state index in [-0.39, 0.29) is 5.57 Å². The van der Waals surface area contributed by atoms with Crippen molar-refractivity contribution in [1.29, 1.82) is 0 Å². The summed E-state index contributed by atoms with van der Waals surface area (Å²) in [6.07, 6.45) is -1.21. The summed E-state index contributed by atoms with van der Waals surface area (Å²) in [5, 5.41) is 7.87. The number of β-lactam (4-membered cyclic amide) rings is 1. The summed E-state index contributed by atoms with van der Waals surface area (Å²) in [5.74, 6) is -3.49. The van der Waals surface area contributed by atoms with Crippen LogP contribution in [-0.2, 0) is 33.7 Å². The van der Waals surface area contributed by atoms with E-state index in [0.29, 0.717) is 4.90 Å². The number of aliphatic carboxylic acids is 1. The molecule has 0 spiro atoms. The van der Waals surface area contributed by atoms with E-state index in [1.54, 1.807) is 0 Å². The molecule has 0 saturated carbocycles. The highest BCUT2D eigenvalue weighted by molar-refractivity contribution is 7.92. The van der Waals surface area contributed by atoms with Gasteiger partial charge < -0.3 is 14.6 Å². The summed E-state index contributed by atoms with van der Waals surface area (Å²) in [5.41, 5.74) is -0.605. The van der Waals surface area contributed by atoms with Gasteiger partial charge in [0.1, 0.15) is 12.3 Å².